The van der Waals surface area contributed by atoms with Crippen LogP contribution in [0.2, 0.25) is 0 Å². The Balaban J connectivity index is 2.25. The number of benzene rings is 1. The molecule has 0 spiro atoms. The molecule has 1 aromatic carbocycles. The molecule has 0 fully saturated rings. The lowest BCUT2D eigenvalue weighted by Crippen LogP contribution is -2.28. The fourth-order valence-electron chi connectivity index (χ4n) is 2.85. The number of pyridine rings is 1. The largest absolute Gasteiger partial charge is 0.495 e. The van der Waals surface area contributed by atoms with Gasteiger partial charge in [-0.1, -0.05) is 0 Å². The number of nitrogens with zero attached hydrogens (tertiary/aromatic N) is 2. The van der Waals surface area contributed by atoms with Crippen molar-refractivity contribution in [1.82, 2.24) is 9.38 Å². The molecule has 0 saturated heterocycles. The molecule has 11 heteroatoms. The number of rotatable bonds is 5. The lowest BCUT2D eigenvalue weighted by molar-refractivity contribution is 0.401. The van der Waals surface area contributed by atoms with Gasteiger partial charge < -0.3 is 4.74 Å². The van der Waals surface area contributed by atoms with Gasteiger partial charge in [0, 0.05) is 17.8 Å². The van der Waals surface area contributed by atoms with Crippen LogP contribution >= 0.6 is 0 Å². The fourth-order valence-corrected chi connectivity index (χ4v) is 4.72. The van der Waals surface area contributed by atoms with E-state index in [-0.39, 0.29) is 16.3 Å². The van der Waals surface area contributed by atoms with Gasteiger partial charge in [0.25, 0.3) is 0 Å². The van der Waals surface area contributed by atoms with Crippen LogP contribution in [0.5, 0.6) is 5.75 Å². The van der Waals surface area contributed by atoms with Crippen LogP contribution < -0.4 is 9.46 Å². The van der Waals surface area contributed by atoms with Crippen molar-refractivity contribution < 1.29 is 26.0 Å². The van der Waals surface area contributed by atoms with E-state index in [1.54, 1.807) is 25.2 Å². The van der Waals surface area contributed by atoms with Crippen molar-refractivity contribution in [2.75, 3.05) is 18.1 Å². The number of hydrogen-bond acceptors (Lipinski definition) is 6. The molecular formula is C19H22FN3O5S2. The Bertz CT molecular complexity index is 1340. The molecule has 0 saturated carbocycles. The molecule has 30 heavy (non-hydrogen) atoms. The second kappa shape index (κ2) is 7.24. The summed E-state index contributed by atoms with van der Waals surface area (Å²) in [7, 11) is -6.06. The second-order valence-corrected chi connectivity index (χ2v) is 12.2. The van der Waals surface area contributed by atoms with Crippen LogP contribution in [0.3, 0.4) is 0 Å². The highest BCUT2D eigenvalue weighted by atomic mass is 32.2. The normalized spacial score (nSPS) is 12.9. The Kier molecular flexibility index (Phi) is 5.32. The number of sulfonamides is 1. The number of sulfone groups is 1. The van der Waals surface area contributed by atoms with Gasteiger partial charge in [-0.25, -0.2) is 26.2 Å². The number of nitrogens with one attached hydrogen (secondary N) is 1. The maximum atomic E-state index is 14.1. The Labute approximate surface area is 174 Å². The lowest BCUT2D eigenvalue weighted by atomic mass is 10.1. The predicted molar refractivity (Wildman–Crippen MR) is 113 cm³/mol. The van der Waals surface area contributed by atoms with E-state index in [0.29, 0.717) is 16.9 Å². The maximum Gasteiger partial charge on any atom is 0.229 e. The topological polar surface area (TPSA) is 107 Å². The third-order valence-electron chi connectivity index (χ3n) is 4.45. The molecule has 2 heterocycles. The van der Waals surface area contributed by atoms with E-state index in [9.17, 15) is 21.2 Å². The van der Waals surface area contributed by atoms with E-state index in [0.717, 1.165) is 12.3 Å². The molecule has 0 aliphatic rings. The SMILES string of the molecule is COc1cc2ncc(-c3ccc(F)c(NS(C)(=O)=O)c3)n2cc1S(=O)(=O)C(C)(C)C. The number of hydrogen-bond donors (Lipinski definition) is 1. The Morgan fingerprint density at radius 3 is 2.37 bits per heavy atom. The van der Waals surface area contributed by atoms with Gasteiger partial charge in [-0.2, -0.15) is 0 Å². The summed E-state index contributed by atoms with van der Waals surface area (Å²) in [5.74, 6) is -0.580. The fraction of sp³-hybridized carbons (Fsp3) is 0.316. The first-order valence-electron chi connectivity index (χ1n) is 8.82. The average Bonchev–Trinajstić information content (AvgIpc) is 3.03. The van der Waals surface area contributed by atoms with Crippen LogP contribution in [0.15, 0.2) is 41.6 Å². The smallest absolute Gasteiger partial charge is 0.229 e. The zero-order valence-corrected chi connectivity index (χ0v) is 18.7. The zero-order valence-electron chi connectivity index (χ0n) is 17.1. The number of fused-ring (bicyclic) bond motifs is 1. The number of imidazole rings is 1. The molecule has 3 rings (SSSR count). The van der Waals surface area contributed by atoms with Crippen LogP contribution in [0, 0.1) is 5.82 Å². The third-order valence-corrected chi connectivity index (χ3v) is 7.54. The van der Waals surface area contributed by atoms with E-state index >= 15 is 0 Å². The van der Waals surface area contributed by atoms with Gasteiger partial charge in [0.15, 0.2) is 9.84 Å². The molecule has 0 aliphatic carbocycles. The summed E-state index contributed by atoms with van der Waals surface area (Å²) in [6.45, 7) is 4.76. The first-order valence-corrected chi connectivity index (χ1v) is 12.2. The molecule has 0 radical (unpaired) electrons. The van der Waals surface area contributed by atoms with Crippen molar-refractivity contribution in [3.8, 4) is 17.0 Å². The van der Waals surface area contributed by atoms with Crippen molar-refractivity contribution in [3.05, 3.63) is 42.5 Å². The molecular weight excluding hydrogens is 433 g/mol. The predicted octanol–water partition coefficient (Wildman–Crippen LogP) is 3.09. The van der Waals surface area contributed by atoms with Gasteiger partial charge in [0.2, 0.25) is 10.0 Å². The maximum absolute atomic E-state index is 14.1. The summed E-state index contributed by atoms with van der Waals surface area (Å²) in [5.41, 5.74) is 1.09. The van der Waals surface area contributed by atoms with E-state index in [4.69, 9.17) is 4.74 Å². The minimum absolute atomic E-state index is 0.0131. The van der Waals surface area contributed by atoms with E-state index in [1.807, 2.05) is 0 Å². The van der Waals surface area contributed by atoms with Crippen molar-refractivity contribution in [2.45, 2.75) is 30.4 Å². The Morgan fingerprint density at radius 1 is 1.13 bits per heavy atom. The van der Waals surface area contributed by atoms with E-state index in [2.05, 4.69) is 9.71 Å². The van der Waals surface area contributed by atoms with Gasteiger partial charge in [0.05, 0.1) is 35.7 Å². The third kappa shape index (κ3) is 3.99. The van der Waals surface area contributed by atoms with Crippen LogP contribution in [0.4, 0.5) is 10.1 Å². The number of ether oxygens (including phenoxy) is 1. The molecule has 8 nitrogen and oxygen atoms in total. The first-order chi connectivity index (χ1) is 13.7. The molecule has 0 bridgehead atoms. The minimum Gasteiger partial charge on any atom is -0.495 e. The summed E-state index contributed by atoms with van der Waals surface area (Å²) in [5, 5.41) is 0. The van der Waals surface area contributed by atoms with Crippen LogP contribution in [0.25, 0.3) is 16.9 Å². The van der Waals surface area contributed by atoms with Crippen molar-refractivity contribution in [2.24, 2.45) is 0 Å². The van der Waals surface area contributed by atoms with Gasteiger partial charge in [-0.05, 0) is 39.0 Å². The highest BCUT2D eigenvalue weighted by molar-refractivity contribution is 7.93. The van der Waals surface area contributed by atoms with Gasteiger partial charge in [-0.3, -0.25) is 9.12 Å². The van der Waals surface area contributed by atoms with Gasteiger partial charge in [0.1, 0.15) is 22.1 Å². The first kappa shape index (κ1) is 22.0. The summed E-state index contributed by atoms with van der Waals surface area (Å²) in [6, 6.07) is 5.40. The summed E-state index contributed by atoms with van der Waals surface area (Å²) in [4.78, 5) is 4.26. The average molecular weight is 456 g/mol. The molecule has 2 aromatic heterocycles. The van der Waals surface area contributed by atoms with Gasteiger partial charge >= 0.3 is 0 Å². The van der Waals surface area contributed by atoms with Crippen LogP contribution in [0.1, 0.15) is 20.8 Å². The number of halogens is 1. The van der Waals surface area contributed by atoms with Gasteiger partial charge in [-0.15, -0.1) is 0 Å². The molecule has 0 aliphatic heterocycles. The monoisotopic (exact) mass is 455 g/mol. The summed E-state index contributed by atoms with van der Waals surface area (Å²) < 4.78 is 71.1. The molecule has 3 aromatic rings. The molecule has 1 N–H and O–H groups in total. The number of aromatic nitrogens is 2. The molecule has 162 valence electrons. The highest BCUT2D eigenvalue weighted by Crippen LogP contribution is 2.35. The summed E-state index contributed by atoms with van der Waals surface area (Å²) >= 11 is 0. The molecule has 0 atom stereocenters. The molecule has 0 amide bonds. The van der Waals surface area contributed by atoms with E-state index < -0.39 is 30.4 Å². The van der Waals surface area contributed by atoms with Crippen molar-refractivity contribution in [1.29, 1.82) is 0 Å². The van der Waals surface area contributed by atoms with Crippen LogP contribution in [-0.4, -0.2) is 44.3 Å². The van der Waals surface area contributed by atoms with E-state index in [1.165, 1.54) is 37.7 Å². The highest BCUT2D eigenvalue weighted by Gasteiger charge is 2.34. The quantitative estimate of drug-likeness (QED) is 0.634. The van der Waals surface area contributed by atoms with Crippen LogP contribution in [-0.2, 0) is 19.9 Å². The zero-order chi connectivity index (χ0) is 22.5. The summed E-state index contributed by atoms with van der Waals surface area (Å²) in [6.07, 6.45) is 3.81. The minimum atomic E-state index is -3.75. The Hall–Kier alpha value is -2.66. The van der Waals surface area contributed by atoms with Crippen molar-refractivity contribution >= 4 is 31.2 Å². The standard InChI is InChI=1S/C19H22FN3O5S2/c1-19(2,3)30(26,27)17-11-23-15(10-21-18(23)9-16(17)28-4)12-6-7-13(20)14(8-12)22-29(5,24)25/h6-11,22H,1-5H3. The number of anilines is 1. The second-order valence-electron chi connectivity index (χ2n) is 7.76. The number of methoxy groups -OCH3 is 1. The van der Waals surface area contributed by atoms with Crippen molar-refractivity contribution in [3.63, 3.8) is 0 Å². The Morgan fingerprint density at radius 2 is 1.80 bits per heavy atom. The molecule has 0 unspecified atom stereocenters. The lowest BCUT2D eigenvalue weighted by Gasteiger charge is -2.21.